The van der Waals surface area contributed by atoms with E-state index in [1.165, 1.54) is 0 Å². The number of nitrogens with one attached hydrogen (secondary N) is 1. The van der Waals surface area contributed by atoms with Crippen LogP contribution in [0.25, 0.3) is 0 Å². The largest absolute Gasteiger partial charge is 0.380 e. The molecular weight excluding hydrogens is 242 g/mol. The highest BCUT2D eigenvalue weighted by molar-refractivity contribution is 5.92. The van der Waals surface area contributed by atoms with E-state index in [4.69, 9.17) is 10.00 Å². The topological polar surface area (TPSA) is 65.4 Å². The SMILES string of the molecule is COC1CCN(c2ccc(NC(=O)CC#N)cc2)C1. The number of amides is 1. The van der Waals surface area contributed by atoms with E-state index in [2.05, 4.69) is 10.2 Å². The van der Waals surface area contributed by atoms with E-state index in [0.29, 0.717) is 11.8 Å². The number of carbonyl (C=O) groups excluding carboxylic acids is 1. The first-order valence-electron chi connectivity index (χ1n) is 6.27. The van der Waals surface area contributed by atoms with Gasteiger partial charge in [-0.2, -0.15) is 5.26 Å². The van der Waals surface area contributed by atoms with Crippen molar-refractivity contribution in [2.24, 2.45) is 0 Å². The Balaban J connectivity index is 1.95. The van der Waals surface area contributed by atoms with Gasteiger partial charge in [0.05, 0.1) is 12.2 Å². The van der Waals surface area contributed by atoms with Gasteiger partial charge in [-0.1, -0.05) is 0 Å². The van der Waals surface area contributed by atoms with Crippen molar-refractivity contribution in [1.29, 1.82) is 5.26 Å². The van der Waals surface area contributed by atoms with E-state index >= 15 is 0 Å². The second kappa shape index (κ2) is 6.21. The van der Waals surface area contributed by atoms with Crippen molar-refractivity contribution < 1.29 is 9.53 Å². The van der Waals surface area contributed by atoms with Crippen molar-refractivity contribution in [2.75, 3.05) is 30.4 Å². The molecule has 0 aliphatic carbocycles. The number of benzene rings is 1. The second-order valence-electron chi connectivity index (χ2n) is 4.52. The molecule has 2 rings (SSSR count). The van der Waals surface area contributed by atoms with Crippen LogP contribution in [0.15, 0.2) is 24.3 Å². The third-order valence-electron chi connectivity index (χ3n) is 3.23. The lowest BCUT2D eigenvalue weighted by atomic mass is 10.2. The van der Waals surface area contributed by atoms with Crippen LogP contribution in [0.5, 0.6) is 0 Å². The fraction of sp³-hybridized carbons (Fsp3) is 0.429. The number of methoxy groups -OCH3 is 1. The molecule has 1 amide bonds. The van der Waals surface area contributed by atoms with Gasteiger partial charge < -0.3 is 15.0 Å². The van der Waals surface area contributed by atoms with Crippen LogP contribution in [0.2, 0.25) is 0 Å². The smallest absolute Gasteiger partial charge is 0.238 e. The van der Waals surface area contributed by atoms with Gasteiger partial charge in [-0.15, -0.1) is 0 Å². The summed E-state index contributed by atoms with van der Waals surface area (Å²) in [4.78, 5) is 13.5. The molecule has 0 bridgehead atoms. The minimum Gasteiger partial charge on any atom is -0.380 e. The van der Waals surface area contributed by atoms with Crippen LogP contribution in [-0.4, -0.2) is 32.2 Å². The highest BCUT2D eigenvalue weighted by Crippen LogP contribution is 2.23. The Morgan fingerprint density at radius 1 is 1.53 bits per heavy atom. The van der Waals surface area contributed by atoms with Crippen LogP contribution >= 0.6 is 0 Å². The van der Waals surface area contributed by atoms with Crippen molar-refractivity contribution in [3.8, 4) is 6.07 Å². The number of anilines is 2. The van der Waals surface area contributed by atoms with Gasteiger partial charge in [0.1, 0.15) is 6.42 Å². The molecule has 0 saturated carbocycles. The third-order valence-corrected chi connectivity index (χ3v) is 3.23. The molecule has 0 radical (unpaired) electrons. The van der Waals surface area contributed by atoms with Crippen molar-refractivity contribution in [2.45, 2.75) is 18.9 Å². The highest BCUT2D eigenvalue weighted by atomic mass is 16.5. The van der Waals surface area contributed by atoms with E-state index in [0.717, 1.165) is 25.2 Å². The first-order valence-corrected chi connectivity index (χ1v) is 6.27. The summed E-state index contributed by atoms with van der Waals surface area (Å²) in [6.45, 7) is 1.88. The van der Waals surface area contributed by atoms with Crippen LogP contribution < -0.4 is 10.2 Å². The quantitative estimate of drug-likeness (QED) is 0.894. The summed E-state index contributed by atoms with van der Waals surface area (Å²) < 4.78 is 5.34. The number of carbonyl (C=O) groups is 1. The lowest BCUT2D eigenvalue weighted by Crippen LogP contribution is -2.22. The van der Waals surface area contributed by atoms with Gasteiger partial charge in [-0.3, -0.25) is 4.79 Å². The van der Waals surface area contributed by atoms with E-state index in [1.54, 1.807) is 7.11 Å². The molecule has 1 aromatic rings. The molecule has 1 aromatic carbocycles. The van der Waals surface area contributed by atoms with Crippen LogP contribution in [0.4, 0.5) is 11.4 Å². The van der Waals surface area contributed by atoms with Gasteiger partial charge in [-0.25, -0.2) is 0 Å². The zero-order chi connectivity index (χ0) is 13.7. The van der Waals surface area contributed by atoms with Gasteiger partial charge in [-0.05, 0) is 30.7 Å². The summed E-state index contributed by atoms with van der Waals surface area (Å²) in [6.07, 6.45) is 1.22. The standard InChI is InChI=1S/C14H17N3O2/c1-19-13-7-9-17(10-13)12-4-2-11(3-5-12)16-14(18)6-8-15/h2-5,13H,6-7,9-10H2,1H3,(H,16,18). The summed E-state index contributed by atoms with van der Waals surface area (Å²) in [7, 11) is 1.74. The fourth-order valence-corrected chi connectivity index (χ4v) is 2.19. The zero-order valence-electron chi connectivity index (χ0n) is 10.9. The first kappa shape index (κ1) is 13.4. The van der Waals surface area contributed by atoms with E-state index < -0.39 is 0 Å². The molecule has 1 N–H and O–H groups in total. The number of nitriles is 1. The molecule has 1 unspecified atom stereocenters. The highest BCUT2D eigenvalue weighted by Gasteiger charge is 2.21. The number of ether oxygens (including phenoxy) is 1. The maximum Gasteiger partial charge on any atom is 0.238 e. The minimum atomic E-state index is -0.282. The predicted octanol–water partition coefficient (Wildman–Crippen LogP) is 1.76. The molecule has 5 nitrogen and oxygen atoms in total. The summed E-state index contributed by atoms with van der Waals surface area (Å²) in [5, 5.41) is 11.1. The normalized spacial score (nSPS) is 18.1. The van der Waals surface area contributed by atoms with E-state index in [1.807, 2.05) is 30.3 Å². The Kier molecular flexibility index (Phi) is 4.37. The Bertz CT molecular complexity index is 478. The average molecular weight is 259 g/mol. The van der Waals surface area contributed by atoms with Crippen LogP contribution in [0.3, 0.4) is 0 Å². The second-order valence-corrected chi connectivity index (χ2v) is 4.52. The van der Waals surface area contributed by atoms with E-state index in [9.17, 15) is 4.79 Å². The monoisotopic (exact) mass is 259 g/mol. The van der Waals surface area contributed by atoms with Crippen molar-refractivity contribution in [1.82, 2.24) is 0 Å². The summed E-state index contributed by atoms with van der Waals surface area (Å²) in [5.41, 5.74) is 1.84. The molecule has 1 saturated heterocycles. The lowest BCUT2D eigenvalue weighted by molar-refractivity contribution is -0.115. The number of hydrogen-bond donors (Lipinski definition) is 1. The van der Waals surface area contributed by atoms with Crippen LogP contribution in [0.1, 0.15) is 12.8 Å². The molecule has 19 heavy (non-hydrogen) atoms. The molecule has 5 heteroatoms. The molecule has 1 aliphatic heterocycles. The molecule has 100 valence electrons. The van der Waals surface area contributed by atoms with Gasteiger partial charge in [0.25, 0.3) is 0 Å². The molecule has 1 heterocycles. The molecular formula is C14H17N3O2. The molecule has 0 spiro atoms. The van der Waals surface area contributed by atoms with Crippen molar-refractivity contribution in [3.05, 3.63) is 24.3 Å². The predicted molar refractivity (Wildman–Crippen MR) is 72.9 cm³/mol. The number of rotatable bonds is 4. The average Bonchev–Trinajstić information content (AvgIpc) is 2.88. The maximum atomic E-state index is 11.3. The van der Waals surface area contributed by atoms with Crippen molar-refractivity contribution in [3.63, 3.8) is 0 Å². The molecule has 0 aromatic heterocycles. The number of nitrogens with zero attached hydrogens (tertiary/aromatic N) is 2. The first-order chi connectivity index (χ1) is 9.22. The Hall–Kier alpha value is -2.06. The van der Waals surface area contributed by atoms with Gasteiger partial charge in [0.2, 0.25) is 5.91 Å². The third kappa shape index (κ3) is 3.46. The van der Waals surface area contributed by atoms with Crippen LogP contribution in [-0.2, 0) is 9.53 Å². The number of hydrogen-bond acceptors (Lipinski definition) is 4. The van der Waals surface area contributed by atoms with Gasteiger partial charge in [0, 0.05) is 31.6 Å². The Morgan fingerprint density at radius 2 is 2.26 bits per heavy atom. The Labute approximate surface area is 112 Å². The molecule has 1 atom stereocenters. The van der Waals surface area contributed by atoms with Gasteiger partial charge in [0.15, 0.2) is 0 Å². The zero-order valence-corrected chi connectivity index (χ0v) is 10.9. The maximum absolute atomic E-state index is 11.3. The molecule has 1 aliphatic rings. The van der Waals surface area contributed by atoms with Crippen LogP contribution in [0, 0.1) is 11.3 Å². The minimum absolute atomic E-state index is 0.122. The summed E-state index contributed by atoms with van der Waals surface area (Å²) >= 11 is 0. The molecule has 1 fully saturated rings. The van der Waals surface area contributed by atoms with Gasteiger partial charge >= 0.3 is 0 Å². The summed E-state index contributed by atoms with van der Waals surface area (Å²) in [6, 6.07) is 9.47. The lowest BCUT2D eigenvalue weighted by Gasteiger charge is -2.18. The summed E-state index contributed by atoms with van der Waals surface area (Å²) in [5.74, 6) is -0.282. The fourth-order valence-electron chi connectivity index (χ4n) is 2.19. The Morgan fingerprint density at radius 3 is 2.84 bits per heavy atom. The van der Waals surface area contributed by atoms with Crippen molar-refractivity contribution >= 4 is 17.3 Å². The van der Waals surface area contributed by atoms with E-state index in [-0.39, 0.29) is 12.3 Å².